The molecule has 1 aromatic heterocycles. The Morgan fingerprint density at radius 3 is 2.77 bits per heavy atom. The third-order valence-electron chi connectivity index (χ3n) is 4.05. The highest BCUT2D eigenvalue weighted by Gasteiger charge is 2.22. The Hall–Kier alpha value is -1.63. The number of aromatic nitrogens is 2. The number of hydrogen-bond donors (Lipinski definition) is 2. The second-order valence-corrected chi connectivity index (χ2v) is 5.84. The fourth-order valence-electron chi connectivity index (χ4n) is 2.73. The lowest BCUT2D eigenvalue weighted by molar-refractivity contribution is 0.446. The van der Waals surface area contributed by atoms with Gasteiger partial charge in [0.05, 0.1) is 22.0 Å². The Kier molecular flexibility index (Phi) is 4.33. The first-order chi connectivity index (χ1) is 10.6. The Balaban J connectivity index is 2.28. The van der Waals surface area contributed by atoms with Crippen molar-refractivity contribution in [1.29, 1.82) is 0 Å². The fraction of sp³-hybridized carbons (Fsp3) is 0.467. The number of fused-ring (bicyclic) bond motifs is 1. The van der Waals surface area contributed by atoms with Crippen molar-refractivity contribution in [2.75, 3.05) is 38.2 Å². The number of nitrogens with one attached hydrogen (secondary N) is 2. The first-order valence-electron chi connectivity index (χ1n) is 7.48. The highest BCUT2D eigenvalue weighted by atomic mass is 35.5. The van der Waals surface area contributed by atoms with Gasteiger partial charge in [-0.15, -0.1) is 0 Å². The summed E-state index contributed by atoms with van der Waals surface area (Å²) in [6, 6.07) is 5.35. The largest absolute Gasteiger partial charge is 0.313 e. The van der Waals surface area contributed by atoms with Crippen LogP contribution in [0.5, 0.6) is 0 Å². The average molecular weight is 322 g/mol. The number of hydrogen-bond acceptors (Lipinski definition) is 5. The van der Waals surface area contributed by atoms with Crippen LogP contribution in [0.1, 0.15) is 18.8 Å². The molecule has 22 heavy (non-hydrogen) atoms. The van der Waals surface area contributed by atoms with E-state index in [1.165, 1.54) is 0 Å². The lowest BCUT2D eigenvalue weighted by atomic mass is 10.2. The van der Waals surface area contributed by atoms with Gasteiger partial charge >= 0.3 is 0 Å². The number of rotatable bonds is 3. The van der Waals surface area contributed by atoms with Crippen LogP contribution in [0.2, 0.25) is 5.02 Å². The van der Waals surface area contributed by atoms with Gasteiger partial charge in [0.2, 0.25) is 0 Å². The van der Waals surface area contributed by atoms with E-state index in [9.17, 15) is 4.79 Å². The van der Waals surface area contributed by atoms with Crippen molar-refractivity contribution >= 4 is 22.5 Å². The molecule has 1 aromatic carbocycles. The van der Waals surface area contributed by atoms with Crippen LogP contribution in [-0.4, -0.2) is 42.9 Å². The molecule has 6 nitrogen and oxygen atoms in total. The van der Waals surface area contributed by atoms with Crippen LogP contribution >= 0.6 is 11.6 Å². The Morgan fingerprint density at radius 1 is 1.36 bits per heavy atom. The molecule has 2 N–H and O–H groups in total. The van der Waals surface area contributed by atoms with Gasteiger partial charge in [0.1, 0.15) is 5.82 Å². The molecule has 1 aliphatic rings. The molecule has 2 heterocycles. The summed E-state index contributed by atoms with van der Waals surface area (Å²) in [6.07, 6.45) is 0. The van der Waals surface area contributed by atoms with E-state index in [4.69, 9.17) is 16.6 Å². The molecule has 1 aliphatic heterocycles. The summed E-state index contributed by atoms with van der Waals surface area (Å²) >= 11 is 6.24. The Morgan fingerprint density at radius 2 is 2.09 bits per heavy atom. The minimum absolute atomic E-state index is 0.0361. The molecule has 1 fully saturated rings. The predicted octanol–water partition coefficient (Wildman–Crippen LogP) is 0.871. The van der Waals surface area contributed by atoms with Crippen LogP contribution < -0.4 is 21.2 Å². The molecule has 118 valence electrons. The van der Waals surface area contributed by atoms with Crippen molar-refractivity contribution in [3.05, 3.63) is 39.4 Å². The van der Waals surface area contributed by atoms with E-state index in [0.717, 1.165) is 26.2 Å². The van der Waals surface area contributed by atoms with Crippen LogP contribution in [0.15, 0.2) is 23.0 Å². The van der Waals surface area contributed by atoms with Crippen molar-refractivity contribution in [2.45, 2.75) is 13.0 Å². The van der Waals surface area contributed by atoms with Crippen LogP contribution in [-0.2, 0) is 0 Å². The molecular weight excluding hydrogens is 302 g/mol. The van der Waals surface area contributed by atoms with Gasteiger partial charge in [0, 0.05) is 26.2 Å². The molecule has 1 saturated heterocycles. The van der Waals surface area contributed by atoms with Crippen molar-refractivity contribution in [1.82, 2.24) is 20.3 Å². The first kappa shape index (κ1) is 15.3. The molecule has 1 atom stereocenters. The van der Waals surface area contributed by atoms with E-state index < -0.39 is 0 Å². The van der Waals surface area contributed by atoms with Crippen molar-refractivity contribution in [3.63, 3.8) is 0 Å². The van der Waals surface area contributed by atoms with Gasteiger partial charge in [-0.1, -0.05) is 17.7 Å². The molecule has 0 saturated carbocycles. The van der Waals surface area contributed by atoms with E-state index >= 15 is 0 Å². The summed E-state index contributed by atoms with van der Waals surface area (Å²) in [5.74, 6) is 0.712. The highest BCUT2D eigenvalue weighted by Crippen LogP contribution is 2.20. The minimum atomic E-state index is -0.102. The average Bonchev–Trinajstić information content (AvgIpc) is 2.54. The van der Waals surface area contributed by atoms with Crippen LogP contribution in [0.3, 0.4) is 0 Å². The van der Waals surface area contributed by atoms with Crippen molar-refractivity contribution in [3.8, 4) is 0 Å². The van der Waals surface area contributed by atoms with Gasteiger partial charge in [-0.05, 0) is 26.1 Å². The maximum Gasteiger partial charge on any atom is 0.281 e. The fourth-order valence-corrected chi connectivity index (χ4v) is 2.98. The third kappa shape index (κ3) is 2.58. The predicted molar refractivity (Wildman–Crippen MR) is 89.3 cm³/mol. The quantitative estimate of drug-likeness (QED) is 0.878. The summed E-state index contributed by atoms with van der Waals surface area (Å²) in [5, 5.41) is 9.43. The molecule has 0 bridgehead atoms. The second-order valence-electron chi connectivity index (χ2n) is 5.43. The standard InChI is InChI=1S/C15H20ClN5O/c1-10(17-2)14-19-12-5-3-4-11(16)13(12)15(22)21(14)20-8-6-18-7-9-20/h3-5,10,17-18H,6-9H2,1-2H3/t10-/m0/s1. The van der Waals surface area contributed by atoms with E-state index in [1.807, 2.05) is 31.1 Å². The van der Waals surface area contributed by atoms with E-state index in [0.29, 0.717) is 21.7 Å². The smallest absolute Gasteiger partial charge is 0.281 e. The SMILES string of the molecule is CN[C@@H](C)c1nc2cccc(Cl)c2c(=O)n1N1CCNCC1. The van der Waals surface area contributed by atoms with E-state index in [1.54, 1.807) is 10.7 Å². The van der Waals surface area contributed by atoms with Gasteiger partial charge in [-0.3, -0.25) is 4.79 Å². The maximum atomic E-state index is 13.0. The molecule has 7 heteroatoms. The number of benzene rings is 1. The van der Waals surface area contributed by atoms with Crippen LogP contribution in [0, 0.1) is 0 Å². The van der Waals surface area contributed by atoms with Gasteiger partial charge in [0.25, 0.3) is 5.56 Å². The van der Waals surface area contributed by atoms with E-state index in [-0.39, 0.29) is 11.6 Å². The molecule has 0 amide bonds. The van der Waals surface area contributed by atoms with Gasteiger partial charge in [-0.25, -0.2) is 9.66 Å². The summed E-state index contributed by atoms with van der Waals surface area (Å²) in [7, 11) is 1.86. The van der Waals surface area contributed by atoms with Gasteiger partial charge < -0.3 is 15.6 Å². The molecule has 0 radical (unpaired) electrons. The second kappa shape index (κ2) is 6.24. The Labute approximate surface area is 134 Å². The third-order valence-corrected chi connectivity index (χ3v) is 4.36. The highest BCUT2D eigenvalue weighted by molar-refractivity contribution is 6.35. The zero-order valence-corrected chi connectivity index (χ0v) is 13.5. The topological polar surface area (TPSA) is 62.2 Å². The first-order valence-corrected chi connectivity index (χ1v) is 7.85. The minimum Gasteiger partial charge on any atom is -0.313 e. The lowest BCUT2D eigenvalue weighted by Gasteiger charge is -2.33. The normalized spacial score (nSPS) is 17.0. The zero-order chi connectivity index (χ0) is 15.7. The van der Waals surface area contributed by atoms with Crippen molar-refractivity contribution < 1.29 is 0 Å². The number of piperazine rings is 1. The molecule has 3 rings (SSSR count). The molecule has 0 spiro atoms. The molecule has 0 unspecified atom stereocenters. The summed E-state index contributed by atoms with van der Waals surface area (Å²) in [4.78, 5) is 17.7. The monoisotopic (exact) mass is 321 g/mol. The summed E-state index contributed by atoms with van der Waals surface area (Å²) < 4.78 is 1.69. The zero-order valence-electron chi connectivity index (χ0n) is 12.8. The Bertz CT molecular complexity index is 739. The maximum absolute atomic E-state index is 13.0. The molecular formula is C15H20ClN5O. The van der Waals surface area contributed by atoms with Crippen LogP contribution in [0.25, 0.3) is 10.9 Å². The summed E-state index contributed by atoms with van der Waals surface area (Å²) in [6.45, 7) is 5.22. The van der Waals surface area contributed by atoms with Gasteiger partial charge in [-0.2, -0.15) is 0 Å². The number of halogens is 1. The molecule has 2 aromatic rings. The number of nitrogens with zero attached hydrogens (tertiary/aromatic N) is 3. The summed E-state index contributed by atoms with van der Waals surface area (Å²) in [5.41, 5.74) is 0.538. The van der Waals surface area contributed by atoms with E-state index in [2.05, 4.69) is 10.6 Å². The molecule has 0 aliphatic carbocycles. The van der Waals surface area contributed by atoms with Crippen molar-refractivity contribution in [2.24, 2.45) is 0 Å². The lowest BCUT2D eigenvalue weighted by Crippen LogP contribution is -2.54. The van der Waals surface area contributed by atoms with Gasteiger partial charge in [0.15, 0.2) is 0 Å². The van der Waals surface area contributed by atoms with Crippen LogP contribution in [0.4, 0.5) is 0 Å².